The van der Waals surface area contributed by atoms with E-state index in [2.05, 4.69) is 18.4 Å². The second kappa shape index (κ2) is 5.53. The van der Waals surface area contributed by atoms with E-state index in [1.807, 2.05) is 19.2 Å². The standard InChI is InChI=1S/C17H19NO2S/c1-11-7-8-21-16(11)14-9-15(14)17(20)18(2)10-12-3-5-13(19)6-4-12/h3-8,14-15,19H,9-10H2,1-2H3/t14-,15-/m1/s1. The molecule has 2 aromatic rings. The molecule has 0 unspecified atom stereocenters. The van der Waals surface area contributed by atoms with E-state index >= 15 is 0 Å². The van der Waals surface area contributed by atoms with Gasteiger partial charge in [0.25, 0.3) is 0 Å². The van der Waals surface area contributed by atoms with Gasteiger partial charge in [0.2, 0.25) is 5.91 Å². The molecule has 1 aliphatic carbocycles. The number of carbonyl (C=O) groups excluding carboxylic acids is 1. The molecule has 21 heavy (non-hydrogen) atoms. The first-order valence-electron chi connectivity index (χ1n) is 7.13. The number of thiophene rings is 1. The molecular weight excluding hydrogens is 282 g/mol. The van der Waals surface area contributed by atoms with Crippen LogP contribution in [-0.4, -0.2) is 23.0 Å². The second-order valence-corrected chi connectivity index (χ2v) is 6.72. The zero-order valence-corrected chi connectivity index (χ0v) is 13.1. The van der Waals surface area contributed by atoms with Crippen molar-refractivity contribution in [3.63, 3.8) is 0 Å². The van der Waals surface area contributed by atoms with Gasteiger partial charge in [-0.3, -0.25) is 4.79 Å². The Balaban J connectivity index is 1.61. The average Bonchev–Trinajstić information content (AvgIpc) is 3.15. The lowest BCUT2D eigenvalue weighted by Crippen LogP contribution is -2.28. The Kier molecular flexibility index (Phi) is 3.72. The van der Waals surface area contributed by atoms with Crippen molar-refractivity contribution in [2.75, 3.05) is 7.05 Å². The lowest BCUT2D eigenvalue weighted by atomic mass is 10.1. The number of amides is 1. The molecule has 1 heterocycles. The maximum Gasteiger partial charge on any atom is 0.226 e. The van der Waals surface area contributed by atoms with Gasteiger partial charge in [-0.15, -0.1) is 11.3 Å². The van der Waals surface area contributed by atoms with Gasteiger partial charge in [0.05, 0.1) is 0 Å². The highest BCUT2D eigenvalue weighted by Crippen LogP contribution is 2.51. The van der Waals surface area contributed by atoms with Crippen LogP contribution in [0.25, 0.3) is 0 Å². The second-order valence-electron chi connectivity index (χ2n) is 5.78. The molecule has 0 aliphatic heterocycles. The zero-order valence-electron chi connectivity index (χ0n) is 12.2. The predicted molar refractivity (Wildman–Crippen MR) is 84.5 cm³/mol. The largest absolute Gasteiger partial charge is 0.508 e. The number of hydrogen-bond donors (Lipinski definition) is 1. The van der Waals surface area contributed by atoms with E-state index in [1.165, 1.54) is 10.4 Å². The molecule has 1 saturated carbocycles. The van der Waals surface area contributed by atoms with Gasteiger partial charge in [0, 0.05) is 30.3 Å². The van der Waals surface area contributed by atoms with Crippen molar-refractivity contribution < 1.29 is 9.90 Å². The van der Waals surface area contributed by atoms with Gasteiger partial charge in [-0.1, -0.05) is 12.1 Å². The minimum Gasteiger partial charge on any atom is -0.508 e. The molecule has 3 nitrogen and oxygen atoms in total. The summed E-state index contributed by atoms with van der Waals surface area (Å²) in [6.45, 7) is 2.71. The number of aromatic hydroxyl groups is 1. The van der Waals surface area contributed by atoms with Crippen molar-refractivity contribution in [3.05, 3.63) is 51.7 Å². The van der Waals surface area contributed by atoms with Crippen LogP contribution in [0.2, 0.25) is 0 Å². The molecule has 1 N–H and O–H groups in total. The number of benzene rings is 1. The highest BCUT2D eigenvalue weighted by Gasteiger charge is 2.46. The first-order chi connectivity index (χ1) is 10.1. The minimum atomic E-state index is 0.143. The molecule has 1 fully saturated rings. The quantitative estimate of drug-likeness (QED) is 0.938. The topological polar surface area (TPSA) is 40.5 Å². The highest BCUT2D eigenvalue weighted by molar-refractivity contribution is 7.10. The van der Waals surface area contributed by atoms with E-state index in [1.54, 1.807) is 28.4 Å². The predicted octanol–water partition coefficient (Wildman–Crippen LogP) is 3.52. The van der Waals surface area contributed by atoms with Gasteiger partial charge in [-0.25, -0.2) is 0 Å². The summed E-state index contributed by atoms with van der Waals surface area (Å²) in [4.78, 5) is 15.6. The van der Waals surface area contributed by atoms with Crippen molar-refractivity contribution in [2.45, 2.75) is 25.8 Å². The van der Waals surface area contributed by atoms with E-state index in [-0.39, 0.29) is 17.6 Å². The summed E-state index contributed by atoms with van der Waals surface area (Å²) >= 11 is 1.76. The van der Waals surface area contributed by atoms with E-state index < -0.39 is 0 Å². The van der Waals surface area contributed by atoms with Gasteiger partial charge >= 0.3 is 0 Å². The first kappa shape index (κ1) is 14.1. The van der Waals surface area contributed by atoms with Crippen LogP contribution in [0.3, 0.4) is 0 Å². The van der Waals surface area contributed by atoms with Crippen LogP contribution in [0.5, 0.6) is 5.75 Å². The molecule has 1 amide bonds. The van der Waals surface area contributed by atoms with Crippen molar-refractivity contribution in [1.82, 2.24) is 4.90 Å². The van der Waals surface area contributed by atoms with Crippen LogP contribution in [0.1, 0.15) is 28.3 Å². The van der Waals surface area contributed by atoms with Crippen LogP contribution in [0.4, 0.5) is 0 Å². The third-order valence-corrected chi connectivity index (χ3v) is 5.23. The first-order valence-corrected chi connectivity index (χ1v) is 8.01. The number of aryl methyl sites for hydroxylation is 1. The summed E-state index contributed by atoms with van der Waals surface area (Å²) in [5, 5.41) is 11.4. The van der Waals surface area contributed by atoms with Gasteiger partial charge in [0.1, 0.15) is 5.75 Å². The summed E-state index contributed by atoms with van der Waals surface area (Å²) in [6.07, 6.45) is 0.972. The van der Waals surface area contributed by atoms with E-state index in [0.717, 1.165) is 12.0 Å². The number of phenolic OH excluding ortho intramolecular Hbond substituents is 1. The third-order valence-electron chi connectivity index (χ3n) is 4.08. The van der Waals surface area contributed by atoms with Crippen LogP contribution >= 0.6 is 11.3 Å². The molecule has 0 bridgehead atoms. The Bertz CT molecular complexity index is 647. The molecular formula is C17H19NO2S. The summed E-state index contributed by atoms with van der Waals surface area (Å²) in [5.41, 5.74) is 2.34. The Morgan fingerprint density at radius 1 is 1.33 bits per heavy atom. The molecule has 1 aliphatic rings. The highest BCUT2D eigenvalue weighted by atomic mass is 32.1. The maximum absolute atomic E-state index is 12.5. The van der Waals surface area contributed by atoms with Crippen molar-refractivity contribution in [2.24, 2.45) is 5.92 Å². The van der Waals surface area contributed by atoms with Crippen LogP contribution < -0.4 is 0 Å². The minimum absolute atomic E-state index is 0.143. The molecule has 0 radical (unpaired) electrons. The Morgan fingerprint density at radius 3 is 2.67 bits per heavy atom. The fraction of sp³-hybridized carbons (Fsp3) is 0.353. The lowest BCUT2D eigenvalue weighted by molar-refractivity contribution is -0.131. The maximum atomic E-state index is 12.5. The number of nitrogens with zero attached hydrogens (tertiary/aromatic N) is 1. The fourth-order valence-corrected chi connectivity index (χ4v) is 3.87. The van der Waals surface area contributed by atoms with Crippen molar-refractivity contribution in [1.29, 1.82) is 0 Å². The fourth-order valence-electron chi connectivity index (χ4n) is 2.76. The molecule has 1 aromatic carbocycles. The molecule has 2 atom stereocenters. The normalized spacial score (nSPS) is 20.3. The van der Waals surface area contributed by atoms with Crippen LogP contribution in [0.15, 0.2) is 35.7 Å². The number of phenols is 1. The molecule has 0 spiro atoms. The molecule has 4 heteroatoms. The Hall–Kier alpha value is -1.81. The monoisotopic (exact) mass is 301 g/mol. The van der Waals surface area contributed by atoms with E-state index in [9.17, 15) is 9.90 Å². The lowest BCUT2D eigenvalue weighted by Gasteiger charge is -2.17. The third kappa shape index (κ3) is 2.95. The summed E-state index contributed by atoms with van der Waals surface area (Å²) < 4.78 is 0. The summed E-state index contributed by atoms with van der Waals surface area (Å²) in [5.74, 6) is 1.04. The average molecular weight is 301 g/mol. The van der Waals surface area contributed by atoms with Gasteiger partial charge in [0.15, 0.2) is 0 Å². The SMILES string of the molecule is Cc1ccsc1[C@@H]1C[C@H]1C(=O)N(C)Cc1ccc(O)cc1. The van der Waals surface area contributed by atoms with Gasteiger partial charge in [-0.2, -0.15) is 0 Å². The van der Waals surface area contributed by atoms with E-state index in [4.69, 9.17) is 0 Å². The number of rotatable bonds is 4. The number of hydrogen-bond acceptors (Lipinski definition) is 3. The summed E-state index contributed by atoms with van der Waals surface area (Å²) in [6, 6.07) is 9.14. The van der Waals surface area contributed by atoms with Gasteiger partial charge in [-0.05, 0) is 48.1 Å². The molecule has 110 valence electrons. The van der Waals surface area contributed by atoms with Gasteiger partial charge < -0.3 is 10.0 Å². The van der Waals surface area contributed by atoms with Crippen LogP contribution in [0, 0.1) is 12.8 Å². The Labute approximate surface area is 128 Å². The summed E-state index contributed by atoms with van der Waals surface area (Å²) in [7, 11) is 1.85. The smallest absolute Gasteiger partial charge is 0.226 e. The van der Waals surface area contributed by atoms with E-state index in [0.29, 0.717) is 12.5 Å². The molecule has 0 saturated heterocycles. The number of carbonyl (C=O) groups is 1. The van der Waals surface area contributed by atoms with Crippen molar-refractivity contribution in [3.8, 4) is 5.75 Å². The molecule has 3 rings (SSSR count). The zero-order chi connectivity index (χ0) is 15.0. The Morgan fingerprint density at radius 2 is 2.05 bits per heavy atom. The van der Waals surface area contributed by atoms with Crippen LogP contribution in [-0.2, 0) is 11.3 Å². The van der Waals surface area contributed by atoms with Crippen molar-refractivity contribution >= 4 is 17.2 Å². The molecule has 1 aromatic heterocycles.